The molecule has 0 atom stereocenters. The summed E-state index contributed by atoms with van der Waals surface area (Å²) in [6.07, 6.45) is 7.12. The lowest BCUT2D eigenvalue weighted by atomic mass is 10.2. The molecule has 4 rings (SSSR count). The summed E-state index contributed by atoms with van der Waals surface area (Å²) in [5, 5.41) is 3.24. The van der Waals surface area contributed by atoms with Crippen molar-refractivity contribution in [1.29, 1.82) is 0 Å². The Morgan fingerprint density at radius 1 is 0.958 bits per heavy atom. The lowest BCUT2D eigenvalue weighted by molar-refractivity contribution is 1.10. The molecule has 0 amide bonds. The predicted octanol–water partition coefficient (Wildman–Crippen LogP) is 3.55. The van der Waals surface area contributed by atoms with Gasteiger partial charge in [-0.3, -0.25) is 9.38 Å². The third-order valence-electron chi connectivity index (χ3n) is 3.81. The van der Waals surface area contributed by atoms with Gasteiger partial charge in [0.15, 0.2) is 5.65 Å². The molecular weight excluding hydrogens is 300 g/mol. The van der Waals surface area contributed by atoms with E-state index in [0.29, 0.717) is 5.95 Å². The van der Waals surface area contributed by atoms with Crippen molar-refractivity contribution in [3.8, 4) is 11.4 Å². The standard InChI is InChI=1S/C18H16N6/c1-12-3-5-14(6-4-12)22-18-20-8-7-15(23-18)17-13(2)21-16-11-19-9-10-24(16)17/h3-11H,1-2H3,(H,20,22,23). The van der Waals surface area contributed by atoms with Crippen LogP contribution >= 0.6 is 0 Å². The van der Waals surface area contributed by atoms with Crippen molar-refractivity contribution in [2.75, 3.05) is 5.32 Å². The third-order valence-corrected chi connectivity index (χ3v) is 3.81. The zero-order valence-corrected chi connectivity index (χ0v) is 13.4. The van der Waals surface area contributed by atoms with E-state index in [1.165, 1.54) is 5.56 Å². The van der Waals surface area contributed by atoms with Crippen LogP contribution in [0.4, 0.5) is 11.6 Å². The van der Waals surface area contributed by atoms with Gasteiger partial charge in [-0.15, -0.1) is 0 Å². The van der Waals surface area contributed by atoms with Crippen molar-refractivity contribution in [3.05, 3.63) is 66.4 Å². The zero-order chi connectivity index (χ0) is 16.5. The second-order valence-corrected chi connectivity index (χ2v) is 5.61. The van der Waals surface area contributed by atoms with Crippen molar-refractivity contribution in [2.24, 2.45) is 0 Å². The summed E-state index contributed by atoms with van der Waals surface area (Å²) in [7, 11) is 0. The number of aryl methyl sites for hydroxylation is 2. The van der Waals surface area contributed by atoms with Gasteiger partial charge in [-0.2, -0.15) is 0 Å². The fraction of sp³-hybridized carbons (Fsp3) is 0.111. The topological polar surface area (TPSA) is 68.0 Å². The molecule has 1 aromatic carbocycles. The number of fused-ring (bicyclic) bond motifs is 1. The van der Waals surface area contributed by atoms with Gasteiger partial charge in [0, 0.05) is 24.3 Å². The van der Waals surface area contributed by atoms with Crippen LogP contribution in [0.5, 0.6) is 0 Å². The van der Waals surface area contributed by atoms with Gasteiger partial charge in [0.25, 0.3) is 0 Å². The first-order valence-electron chi connectivity index (χ1n) is 7.66. The fourth-order valence-corrected chi connectivity index (χ4v) is 2.65. The summed E-state index contributed by atoms with van der Waals surface area (Å²) in [4.78, 5) is 17.6. The molecule has 3 heterocycles. The lowest BCUT2D eigenvalue weighted by Crippen LogP contribution is -1.99. The summed E-state index contributed by atoms with van der Waals surface area (Å²) in [6.45, 7) is 4.03. The van der Waals surface area contributed by atoms with Crippen molar-refractivity contribution in [2.45, 2.75) is 13.8 Å². The molecule has 0 aliphatic carbocycles. The fourth-order valence-electron chi connectivity index (χ4n) is 2.65. The molecule has 0 saturated carbocycles. The van der Waals surface area contributed by atoms with Crippen molar-refractivity contribution in [3.63, 3.8) is 0 Å². The van der Waals surface area contributed by atoms with Crippen LogP contribution < -0.4 is 5.32 Å². The minimum Gasteiger partial charge on any atom is -0.324 e. The van der Waals surface area contributed by atoms with Crippen LogP contribution in [0.15, 0.2) is 55.1 Å². The molecule has 0 bridgehead atoms. The number of hydrogen-bond acceptors (Lipinski definition) is 5. The largest absolute Gasteiger partial charge is 0.324 e. The summed E-state index contributed by atoms with van der Waals surface area (Å²) in [5.74, 6) is 0.555. The highest BCUT2D eigenvalue weighted by molar-refractivity contribution is 5.65. The first-order valence-corrected chi connectivity index (χ1v) is 7.66. The molecule has 0 radical (unpaired) electrons. The van der Waals surface area contributed by atoms with E-state index in [4.69, 9.17) is 0 Å². The number of nitrogens with one attached hydrogen (secondary N) is 1. The van der Waals surface area contributed by atoms with Crippen molar-refractivity contribution in [1.82, 2.24) is 24.3 Å². The first-order chi connectivity index (χ1) is 11.7. The Bertz CT molecular complexity index is 1000. The average Bonchev–Trinajstić information content (AvgIpc) is 2.93. The van der Waals surface area contributed by atoms with Gasteiger partial charge in [-0.25, -0.2) is 15.0 Å². The molecule has 0 unspecified atom stereocenters. The molecule has 0 aliphatic heterocycles. The quantitative estimate of drug-likeness (QED) is 0.626. The second-order valence-electron chi connectivity index (χ2n) is 5.61. The monoisotopic (exact) mass is 316 g/mol. The minimum atomic E-state index is 0.555. The van der Waals surface area contributed by atoms with Crippen molar-refractivity contribution < 1.29 is 0 Å². The van der Waals surface area contributed by atoms with Gasteiger partial charge < -0.3 is 5.32 Å². The van der Waals surface area contributed by atoms with Crippen LogP contribution in [0, 0.1) is 13.8 Å². The molecule has 3 aromatic heterocycles. The van der Waals surface area contributed by atoms with E-state index in [2.05, 4.69) is 32.2 Å². The van der Waals surface area contributed by atoms with Crippen LogP contribution in [-0.4, -0.2) is 24.3 Å². The second kappa shape index (κ2) is 5.73. The first kappa shape index (κ1) is 14.3. The Hall–Kier alpha value is -3.28. The van der Waals surface area contributed by atoms with E-state index in [9.17, 15) is 0 Å². The average molecular weight is 316 g/mol. The van der Waals surface area contributed by atoms with Crippen molar-refractivity contribution >= 4 is 17.3 Å². The van der Waals surface area contributed by atoms with E-state index in [-0.39, 0.29) is 0 Å². The summed E-state index contributed by atoms with van der Waals surface area (Å²) in [6, 6.07) is 10.0. The van der Waals surface area contributed by atoms with E-state index >= 15 is 0 Å². The Labute approximate surface area is 139 Å². The molecule has 118 valence electrons. The number of imidazole rings is 1. The normalized spacial score (nSPS) is 10.9. The van der Waals surface area contributed by atoms with Gasteiger partial charge in [-0.1, -0.05) is 17.7 Å². The number of hydrogen-bond donors (Lipinski definition) is 1. The molecule has 1 N–H and O–H groups in total. The minimum absolute atomic E-state index is 0.555. The van der Waals surface area contributed by atoms with Gasteiger partial charge >= 0.3 is 0 Å². The van der Waals surface area contributed by atoms with Gasteiger partial charge in [0.1, 0.15) is 0 Å². The molecule has 0 fully saturated rings. The number of nitrogens with zero attached hydrogens (tertiary/aromatic N) is 5. The molecule has 24 heavy (non-hydrogen) atoms. The molecule has 0 aliphatic rings. The Morgan fingerprint density at radius 3 is 2.62 bits per heavy atom. The highest BCUT2D eigenvalue weighted by Gasteiger charge is 2.13. The van der Waals surface area contributed by atoms with Crippen LogP contribution in [0.25, 0.3) is 17.0 Å². The third kappa shape index (κ3) is 2.58. The Kier molecular flexibility index (Phi) is 3.42. The molecule has 0 saturated heterocycles. The van der Waals surface area contributed by atoms with E-state index < -0.39 is 0 Å². The highest BCUT2D eigenvalue weighted by atomic mass is 15.1. The van der Waals surface area contributed by atoms with E-state index in [0.717, 1.165) is 28.4 Å². The van der Waals surface area contributed by atoms with Gasteiger partial charge in [-0.05, 0) is 32.0 Å². The summed E-state index contributed by atoms with van der Waals surface area (Å²) < 4.78 is 1.99. The molecule has 6 nitrogen and oxygen atoms in total. The van der Waals surface area contributed by atoms with Gasteiger partial charge in [0.2, 0.25) is 5.95 Å². The zero-order valence-electron chi connectivity index (χ0n) is 13.4. The number of aromatic nitrogens is 5. The van der Waals surface area contributed by atoms with Crippen LogP contribution in [0.2, 0.25) is 0 Å². The smallest absolute Gasteiger partial charge is 0.227 e. The molecule has 4 aromatic rings. The Balaban J connectivity index is 1.74. The number of benzene rings is 1. The summed E-state index contributed by atoms with van der Waals surface area (Å²) >= 11 is 0. The highest BCUT2D eigenvalue weighted by Crippen LogP contribution is 2.24. The maximum absolute atomic E-state index is 4.64. The lowest BCUT2D eigenvalue weighted by Gasteiger charge is -2.07. The van der Waals surface area contributed by atoms with E-state index in [1.54, 1.807) is 18.6 Å². The SMILES string of the molecule is Cc1ccc(Nc2nccc(-c3c(C)nc4cnccn34)n2)cc1. The molecule has 6 heteroatoms. The van der Waals surface area contributed by atoms with E-state index in [1.807, 2.05) is 47.9 Å². The number of anilines is 2. The van der Waals surface area contributed by atoms with Crippen LogP contribution in [-0.2, 0) is 0 Å². The van der Waals surface area contributed by atoms with Crippen LogP contribution in [0.1, 0.15) is 11.3 Å². The molecular formula is C18H16N6. The maximum atomic E-state index is 4.64. The predicted molar refractivity (Wildman–Crippen MR) is 93.2 cm³/mol. The van der Waals surface area contributed by atoms with Gasteiger partial charge in [0.05, 0.1) is 23.3 Å². The van der Waals surface area contributed by atoms with Crippen LogP contribution in [0.3, 0.4) is 0 Å². The summed E-state index contributed by atoms with van der Waals surface area (Å²) in [5.41, 5.74) is 5.64. The maximum Gasteiger partial charge on any atom is 0.227 e. The molecule has 0 spiro atoms. The number of rotatable bonds is 3. The Morgan fingerprint density at radius 2 is 1.79 bits per heavy atom.